The average molecular weight is 354 g/mol. The van der Waals surface area contributed by atoms with Crippen molar-refractivity contribution in [2.75, 3.05) is 0 Å². The number of hydrogen-bond donors (Lipinski definition) is 1. The Morgan fingerprint density at radius 1 is 1.42 bits per heavy atom. The second-order valence-electron chi connectivity index (χ2n) is 6.24. The van der Waals surface area contributed by atoms with Crippen LogP contribution in [-0.2, 0) is 18.3 Å². The van der Waals surface area contributed by atoms with Gasteiger partial charge in [-0.1, -0.05) is 5.16 Å². The van der Waals surface area contributed by atoms with Gasteiger partial charge in [0.2, 0.25) is 17.6 Å². The molecule has 8 heteroatoms. The molecule has 0 aliphatic heterocycles. The number of rotatable bonds is 7. The summed E-state index contributed by atoms with van der Waals surface area (Å²) < 4.78 is 6.99. The van der Waals surface area contributed by atoms with E-state index < -0.39 is 0 Å². The summed E-state index contributed by atoms with van der Waals surface area (Å²) in [5.41, 5.74) is 2.76. The molecule has 0 fully saturated rings. The van der Waals surface area contributed by atoms with Crippen molar-refractivity contribution in [3.63, 3.8) is 0 Å². The lowest BCUT2D eigenvalue weighted by molar-refractivity contribution is -0.121. The molecule has 26 heavy (non-hydrogen) atoms. The molecule has 0 spiro atoms. The molecule has 1 atom stereocenters. The van der Waals surface area contributed by atoms with Crippen molar-refractivity contribution in [3.8, 4) is 11.4 Å². The topological polar surface area (TPSA) is 98.7 Å². The molecule has 3 aromatic heterocycles. The smallest absolute Gasteiger partial charge is 0.226 e. The molecule has 3 heterocycles. The minimum atomic E-state index is -0.0724. The molecule has 0 aliphatic rings. The van der Waals surface area contributed by atoms with Crippen molar-refractivity contribution in [1.29, 1.82) is 0 Å². The molecule has 0 aromatic carbocycles. The van der Waals surface area contributed by atoms with E-state index in [4.69, 9.17) is 4.52 Å². The Labute approximate surface area is 151 Å². The van der Waals surface area contributed by atoms with Gasteiger partial charge < -0.3 is 9.84 Å². The van der Waals surface area contributed by atoms with Crippen LogP contribution >= 0.6 is 0 Å². The molecule has 136 valence electrons. The van der Waals surface area contributed by atoms with Gasteiger partial charge >= 0.3 is 0 Å². The fraction of sp³-hybridized carbons (Fsp3) is 0.389. The van der Waals surface area contributed by atoms with E-state index in [1.807, 2.05) is 39.2 Å². The van der Waals surface area contributed by atoms with Gasteiger partial charge in [-0.3, -0.25) is 14.5 Å². The molecule has 0 saturated heterocycles. The number of nitrogens with zero attached hydrogens (tertiary/aromatic N) is 5. The molecule has 0 saturated carbocycles. The molecule has 3 rings (SSSR count). The fourth-order valence-corrected chi connectivity index (χ4v) is 2.80. The first-order valence-corrected chi connectivity index (χ1v) is 8.55. The van der Waals surface area contributed by atoms with Crippen LogP contribution in [0.2, 0.25) is 0 Å². The summed E-state index contributed by atoms with van der Waals surface area (Å²) in [6.45, 7) is 3.90. The Kier molecular flexibility index (Phi) is 5.40. The first kappa shape index (κ1) is 17.8. The molecule has 1 amide bonds. The zero-order chi connectivity index (χ0) is 18.5. The predicted octanol–water partition coefficient (Wildman–Crippen LogP) is 2.37. The van der Waals surface area contributed by atoms with E-state index in [1.54, 1.807) is 17.1 Å². The molecule has 0 unspecified atom stereocenters. The van der Waals surface area contributed by atoms with Crippen LogP contribution < -0.4 is 5.32 Å². The SMILES string of the molecule is Cc1nn(C)cc1[C@@H](C)NC(=O)CCCc1nc(-c2cccnc2)no1. The number of carbonyl (C=O) groups excluding carboxylic acids is 1. The average Bonchev–Trinajstić information content (AvgIpc) is 3.22. The lowest BCUT2D eigenvalue weighted by Crippen LogP contribution is -2.26. The largest absolute Gasteiger partial charge is 0.349 e. The maximum Gasteiger partial charge on any atom is 0.226 e. The van der Waals surface area contributed by atoms with Crippen LogP contribution in [-0.4, -0.2) is 30.8 Å². The molecule has 3 aromatic rings. The number of hydrogen-bond acceptors (Lipinski definition) is 6. The van der Waals surface area contributed by atoms with E-state index in [-0.39, 0.29) is 11.9 Å². The van der Waals surface area contributed by atoms with Crippen molar-refractivity contribution >= 4 is 5.91 Å². The van der Waals surface area contributed by atoms with Crippen LogP contribution in [0.15, 0.2) is 35.2 Å². The van der Waals surface area contributed by atoms with Crippen LogP contribution in [0.5, 0.6) is 0 Å². The number of pyridine rings is 1. The predicted molar refractivity (Wildman–Crippen MR) is 95.0 cm³/mol. The van der Waals surface area contributed by atoms with Gasteiger partial charge in [-0.25, -0.2) is 0 Å². The molecule has 8 nitrogen and oxygen atoms in total. The van der Waals surface area contributed by atoms with Crippen LogP contribution in [0.25, 0.3) is 11.4 Å². The van der Waals surface area contributed by atoms with Crippen molar-refractivity contribution in [1.82, 2.24) is 30.2 Å². The first-order valence-electron chi connectivity index (χ1n) is 8.55. The summed E-state index contributed by atoms with van der Waals surface area (Å²) in [7, 11) is 1.87. The molecular formula is C18H22N6O2. The van der Waals surface area contributed by atoms with Gasteiger partial charge in [-0.15, -0.1) is 0 Å². The second kappa shape index (κ2) is 7.90. The van der Waals surface area contributed by atoms with E-state index in [0.29, 0.717) is 31.0 Å². The van der Waals surface area contributed by atoms with Crippen molar-refractivity contribution < 1.29 is 9.32 Å². The van der Waals surface area contributed by atoms with Gasteiger partial charge in [0, 0.05) is 49.6 Å². The Balaban J connectivity index is 1.47. The maximum atomic E-state index is 12.1. The van der Waals surface area contributed by atoms with Crippen LogP contribution in [0.3, 0.4) is 0 Å². The summed E-state index contributed by atoms with van der Waals surface area (Å²) in [4.78, 5) is 20.5. The van der Waals surface area contributed by atoms with Crippen molar-refractivity contribution in [2.24, 2.45) is 7.05 Å². The first-order chi connectivity index (χ1) is 12.5. The van der Waals surface area contributed by atoms with E-state index in [0.717, 1.165) is 16.8 Å². The highest BCUT2D eigenvalue weighted by atomic mass is 16.5. The zero-order valence-electron chi connectivity index (χ0n) is 15.1. The summed E-state index contributed by atoms with van der Waals surface area (Å²) in [6.07, 6.45) is 6.90. The van der Waals surface area contributed by atoms with Crippen molar-refractivity contribution in [3.05, 3.63) is 47.9 Å². The summed E-state index contributed by atoms with van der Waals surface area (Å²) in [5, 5.41) is 11.3. The van der Waals surface area contributed by atoms with Gasteiger partial charge in [0.05, 0.1) is 11.7 Å². The van der Waals surface area contributed by atoms with Gasteiger partial charge in [0.25, 0.3) is 0 Å². The van der Waals surface area contributed by atoms with Crippen LogP contribution in [0, 0.1) is 6.92 Å². The molecule has 0 aliphatic carbocycles. The van der Waals surface area contributed by atoms with Gasteiger partial charge in [0.15, 0.2) is 0 Å². The minimum absolute atomic E-state index is 0.00671. The van der Waals surface area contributed by atoms with Crippen molar-refractivity contribution in [2.45, 2.75) is 39.2 Å². The Morgan fingerprint density at radius 2 is 2.27 bits per heavy atom. The maximum absolute atomic E-state index is 12.1. The van der Waals surface area contributed by atoms with Crippen LogP contribution in [0.4, 0.5) is 0 Å². The third kappa shape index (κ3) is 4.33. The minimum Gasteiger partial charge on any atom is -0.349 e. The Morgan fingerprint density at radius 3 is 2.96 bits per heavy atom. The quantitative estimate of drug-likeness (QED) is 0.699. The summed E-state index contributed by atoms with van der Waals surface area (Å²) in [5.74, 6) is 1.03. The van der Waals surface area contributed by atoms with E-state index >= 15 is 0 Å². The second-order valence-corrected chi connectivity index (χ2v) is 6.24. The van der Waals surface area contributed by atoms with E-state index in [1.165, 1.54) is 0 Å². The van der Waals surface area contributed by atoms with Crippen LogP contribution in [0.1, 0.15) is 43.0 Å². The lowest BCUT2D eigenvalue weighted by Gasteiger charge is -2.12. The van der Waals surface area contributed by atoms with E-state index in [2.05, 4.69) is 25.5 Å². The third-order valence-corrected chi connectivity index (χ3v) is 4.08. The fourth-order valence-electron chi connectivity index (χ4n) is 2.80. The summed E-state index contributed by atoms with van der Waals surface area (Å²) in [6, 6.07) is 3.62. The number of aromatic nitrogens is 5. The van der Waals surface area contributed by atoms with Gasteiger partial charge in [0.1, 0.15) is 0 Å². The molecule has 1 N–H and O–H groups in total. The monoisotopic (exact) mass is 354 g/mol. The normalized spacial score (nSPS) is 12.1. The number of aryl methyl sites for hydroxylation is 3. The molecule has 0 radical (unpaired) electrons. The Bertz CT molecular complexity index is 871. The number of amides is 1. The highest BCUT2D eigenvalue weighted by molar-refractivity contribution is 5.76. The van der Waals surface area contributed by atoms with E-state index in [9.17, 15) is 4.79 Å². The standard InChI is InChI=1S/C18H22N6O2/c1-12(15-11-24(3)22-13(15)2)20-16(25)7-4-8-17-21-18(23-26-17)14-6-5-9-19-10-14/h5-6,9-12H,4,7-8H2,1-3H3,(H,20,25)/t12-/m1/s1. The number of nitrogens with one attached hydrogen (secondary N) is 1. The van der Waals surface area contributed by atoms with Gasteiger partial charge in [-0.2, -0.15) is 10.1 Å². The number of carbonyl (C=O) groups is 1. The Hall–Kier alpha value is -3.03. The summed E-state index contributed by atoms with van der Waals surface area (Å²) >= 11 is 0. The molecular weight excluding hydrogens is 332 g/mol. The lowest BCUT2D eigenvalue weighted by atomic mass is 10.1. The zero-order valence-corrected chi connectivity index (χ0v) is 15.1. The van der Waals surface area contributed by atoms with Gasteiger partial charge in [-0.05, 0) is 32.4 Å². The third-order valence-electron chi connectivity index (χ3n) is 4.08. The highest BCUT2D eigenvalue weighted by Crippen LogP contribution is 2.17. The highest BCUT2D eigenvalue weighted by Gasteiger charge is 2.15. The molecule has 0 bridgehead atoms.